The number of nitrogens with zero attached hydrogens (tertiary/aromatic N) is 4. The number of hydrogen-bond acceptors (Lipinski definition) is 9. The second-order valence-electron chi connectivity index (χ2n) is 12.1. The predicted molar refractivity (Wildman–Crippen MR) is 197 cm³/mol. The molecule has 5 heterocycles. The van der Waals surface area contributed by atoms with E-state index in [0.29, 0.717) is 65.4 Å². The van der Waals surface area contributed by atoms with E-state index in [1.54, 1.807) is 57.8 Å². The summed E-state index contributed by atoms with van der Waals surface area (Å²) in [5, 5.41) is 25.3. The van der Waals surface area contributed by atoms with Crippen molar-refractivity contribution in [3.8, 4) is 0 Å². The molecule has 16 nitrogen and oxygen atoms in total. The van der Waals surface area contributed by atoms with E-state index in [0.717, 1.165) is 19.6 Å². The smallest absolute Gasteiger partial charge is 0.272 e. The average molecular weight is 756 g/mol. The number of aliphatic hydroxyl groups is 1. The molecular weight excluding hydrogens is 714 g/mol. The van der Waals surface area contributed by atoms with Gasteiger partial charge in [0.25, 0.3) is 23.6 Å². The minimum Gasteiger partial charge on any atom is -0.396 e. The van der Waals surface area contributed by atoms with Crippen molar-refractivity contribution in [1.29, 1.82) is 0 Å². The molecule has 0 bridgehead atoms. The molecule has 0 aromatic carbocycles. The summed E-state index contributed by atoms with van der Waals surface area (Å²) in [5.74, 6) is -1.93. The number of aromatic nitrogens is 3. The van der Waals surface area contributed by atoms with E-state index in [2.05, 4.69) is 31.5 Å². The molecule has 0 radical (unpaired) electrons. The number of ether oxygens (including phenoxy) is 1. The van der Waals surface area contributed by atoms with Gasteiger partial charge in [-0.25, -0.2) is 0 Å². The van der Waals surface area contributed by atoms with Crippen LogP contribution in [0.4, 0.5) is 17.1 Å². The zero-order chi connectivity index (χ0) is 37.2. The summed E-state index contributed by atoms with van der Waals surface area (Å²) in [7, 11) is 3.32. The molecule has 4 aromatic heterocycles. The lowest BCUT2D eigenvalue weighted by Gasteiger charge is -2.26. The van der Waals surface area contributed by atoms with Crippen LogP contribution in [0.15, 0.2) is 48.2 Å². The largest absolute Gasteiger partial charge is 0.396 e. The summed E-state index contributed by atoms with van der Waals surface area (Å²) < 4.78 is 10.1. The molecule has 1 fully saturated rings. The molecule has 0 atom stereocenters. The number of morpholine rings is 1. The van der Waals surface area contributed by atoms with Crippen molar-refractivity contribution >= 4 is 69.5 Å². The number of carbonyl (C=O) groups is 5. The number of carbonyl (C=O) groups excluding carboxylic acids is 5. The maximum absolute atomic E-state index is 13.4. The number of hydrogen-bond donors (Lipinski definition) is 6. The molecule has 5 amide bonds. The molecule has 1 aliphatic heterocycles. The van der Waals surface area contributed by atoms with Gasteiger partial charge < -0.3 is 50.1 Å². The molecule has 0 aliphatic carbocycles. The summed E-state index contributed by atoms with van der Waals surface area (Å²) in [4.78, 5) is 66.9. The lowest BCUT2D eigenvalue weighted by atomic mass is 10.3. The fourth-order valence-electron chi connectivity index (χ4n) is 5.59. The number of aryl methyl sites for hydroxylation is 3. The number of anilines is 3. The van der Waals surface area contributed by atoms with E-state index in [4.69, 9.17) is 16.3 Å². The second-order valence-corrected chi connectivity index (χ2v) is 13.4. The SMILES string of the molecule is Cn1cc(NC(=O)c2cc(NC(=O)c3cc(NC(=O)c4sccc4Cl)cn3CCCO)cn2C)cc1C(=O)NCCC(=O)NCCN1CCOCC1. The molecule has 5 rings (SSSR count). The van der Waals surface area contributed by atoms with Crippen molar-refractivity contribution in [2.45, 2.75) is 19.4 Å². The maximum Gasteiger partial charge on any atom is 0.272 e. The molecule has 278 valence electrons. The molecule has 1 aliphatic rings. The van der Waals surface area contributed by atoms with Crippen LogP contribution >= 0.6 is 22.9 Å². The Morgan fingerprint density at radius 2 is 1.38 bits per heavy atom. The van der Waals surface area contributed by atoms with Crippen LogP contribution in [-0.2, 0) is 30.2 Å². The van der Waals surface area contributed by atoms with E-state index in [9.17, 15) is 29.1 Å². The fraction of sp³-hybridized carbons (Fsp3) is 0.382. The van der Waals surface area contributed by atoms with Crippen LogP contribution in [0.5, 0.6) is 0 Å². The molecule has 0 saturated carbocycles. The number of nitrogens with one attached hydrogen (secondary N) is 5. The van der Waals surface area contributed by atoms with Crippen LogP contribution in [0, 0.1) is 0 Å². The Bertz CT molecular complexity index is 1910. The molecule has 0 unspecified atom stereocenters. The van der Waals surface area contributed by atoms with E-state index in [-0.39, 0.29) is 36.9 Å². The maximum atomic E-state index is 13.4. The highest BCUT2D eigenvalue weighted by atomic mass is 35.5. The van der Waals surface area contributed by atoms with Gasteiger partial charge in [-0.15, -0.1) is 11.3 Å². The average Bonchev–Trinajstić information content (AvgIpc) is 3.90. The number of amides is 5. The quantitative estimate of drug-likeness (QED) is 0.101. The molecule has 6 N–H and O–H groups in total. The van der Waals surface area contributed by atoms with E-state index < -0.39 is 23.6 Å². The van der Waals surface area contributed by atoms with Crippen molar-refractivity contribution < 1.29 is 33.8 Å². The van der Waals surface area contributed by atoms with Crippen LogP contribution in [0.3, 0.4) is 0 Å². The number of halogens is 1. The van der Waals surface area contributed by atoms with Gasteiger partial charge in [-0.05, 0) is 36.1 Å². The highest BCUT2D eigenvalue weighted by Gasteiger charge is 2.21. The van der Waals surface area contributed by atoms with Crippen molar-refractivity contribution in [3.63, 3.8) is 0 Å². The normalized spacial score (nSPS) is 13.1. The predicted octanol–water partition coefficient (Wildman–Crippen LogP) is 2.59. The monoisotopic (exact) mass is 755 g/mol. The number of rotatable bonds is 16. The Kier molecular flexibility index (Phi) is 13.3. The summed E-state index contributed by atoms with van der Waals surface area (Å²) in [5.41, 5.74) is 1.87. The Morgan fingerprint density at radius 1 is 0.788 bits per heavy atom. The Labute approximate surface area is 309 Å². The third-order valence-corrected chi connectivity index (χ3v) is 9.59. The molecule has 0 spiro atoms. The second kappa shape index (κ2) is 18.0. The van der Waals surface area contributed by atoms with Gasteiger partial charge in [0.1, 0.15) is 22.0 Å². The van der Waals surface area contributed by atoms with Gasteiger partial charge in [-0.1, -0.05) is 11.6 Å². The molecule has 4 aromatic rings. The van der Waals surface area contributed by atoms with Crippen molar-refractivity contribution in [2.24, 2.45) is 14.1 Å². The van der Waals surface area contributed by atoms with E-state index in [1.807, 2.05) is 0 Å². The van der Waals surface area contributed by atoms with Gasteiger partial charge in [0.2, 0.25) is 5.91 Å². The minimum atomic E-state index is -0.491. The first-order valence-corrected chi connectivity index (χ1v) is 17.9. The van der Waals surface area contributed by atoms with Crippen LogP contribution in [-0.4, -0.2) is 106 Å². The Balaban J connectivity index is 1.14. The summed E-state index contributed by atoms with van der Waals surface area (Å²) in [6.07, 6.45) is 5.29. The summed E-state index contributed by atoms with van der Waals surface area (Å²) in [6.45, 7) is 4.73. The lowest BCUT2D eigenvalue weighted by Crippen LogP contribution is -2.41. The highest BCUT2D eigenvalue weighted by Crippen LogP contribution is 2.25. The first-order valence-electron chi connectivity index (χ1n) is 16.7. The third kappa shape index (κ3) is 10.1. The number of aliphatic hydroxyl groups excluding tert-OH is 1. The van der Waals surface area contributed by atoms with Crippen LogP contribution in [0.2, 0.25) is 5.02 Å². The van der Waals surface area contributed by atoms with Gasteiger partial charge >= 0.3 is 0 Å². The first kappa shape index (κ1) is 38.3. The highest BCUT2D eigenvalue weighted by molar-refractivity contribution is 7.12. The minimum absolute atomic E-state index is 0.0917. The summed E-state index contributed by atoms with van der Waals surface area (Å²) >= 11 is 7.29. The van der Waals surface area contributed by atoms with Crippen LogP contribution in [0.1, 0.15) is 54.0 Å². The Morgan fingerprint density at radius 3 is 2.02 bits per heavy atom. The van der Waals surface area contributed by atoms with E-state index >= 15 is 0 Å². The first-order chi connectivity index (χ1) is 25.0. The molecule has 52 heavy (non-hydrogen) atoms. The molecular formula is C34H42ClN9O7S. The van der Waals surface area contributed by atoms with E-state index in [1.165, 1.54) is 29.5 Å². The lowest BCUT2D eigenvalue weighted by molar-refractivity contribution is -0.121. The summed E-state index contributed by atoms with van der Waals surface area (Å²) in [6, 6.07) is 6.19. The number of thiophene rings is 1. The van der Waals surface area contributed by atoms with Gasteiger partial charge in [0.15, 0.2) is 0 Å². The fourth-order valence-corrected chi connectivity index (χ4v) is 6.63. The Hall–Kier alpha value is -4.94. The molecule has 18 heteroatoms. The topological polar surface area (TPSA) is 193 Å². The van der Waals surface area contributed by atoms with Crippen LogP contribution < -0.4 is 26.6 Å². The van der Waals surface area contributed by atoms with Gasteiger partial charge in [-0.3, -0.25) is 28.9 Å². The van der Waals surface area contributed by atoms with Gasteiger partial charge in [0.05, 0.1) is 35.3 Å². The third-order valence-electron chi connectivity index (χ3n) is 8.25. The molecule has 1 saturated heterocycles. The van der Waals surface area contributed by atoms with Gasteiger partial charge in [-0.2, -0.15) is 0 Å². The van der Waals surface area contributed by atoms with Gasteiger partial charge in [0, 0.05) is 85.0 Å². The standard InChI is InChI=1S/C34H42ClN9O7S/c1-41-19-22(16-26(41)31(47)37-6-4-29(46)36-7-9-43-10-13-51-14-11-43)38-32(48)27-17-23(20-42(27)2)39-33(49)28-18-24(21-44(28)8-3-12-45)40-34(50)30-25(35)5-15-52-30/h5,15-21,45H,3-4,6-14H2,1-2H3,(H,36,46)(H,37,47)(H,38,48)(H,39,49)(H,40,50). The van der Waals surface area contributed by atoms with Crippen molar-refractivity contribution in [3.05, 3.63) is 75.2 Å². The van der Waals surface area contributed by atoms with Crippen molar-refractivity contribution in [1.82, 2.24) is 29.2 Å². The zero-order valence-corrected chi connectivity index (χ0v) is 30.4. The zero-order valence-electron chi connectivity index (χ0n) is 28.9. The van der Waals surface area contributed by atoms with Crippen LogP contribution in [0.25, 0.3) is 0 Å². The van der Waals surface area contributed by atoms with Crippen molar-refractivity contribution in [2.75, 3.05) is 68.5 Å².